The molecule has 0 aromatic carbocycles. The molecule has 0 radical (unpaired) electrons. The Hall–Kier alpha value is -0.740. The van der Waals surface area contributed by atoms with E-state index in [4.69, 9.17) is 5.73 Å². The van der Waals surface area contributed by atoms with Crippen LogP contribution >= 0.6 is 0 Å². The Morgan fingerprint density at radius 1 is 1.43 bits per heavy atom. The van der Waals surface area contributed by atoms with Gasteiger partial charge in [0, 0.05) is 0 Å². The fourth-order valence-corrected chi connectivity index (χ4v) is 1.55. The summed E-state index contributed by atoms with van der Waals surface area (Å²) in [5.41, 5.74) is 5.63. The second-order valence-corrected chi connectivity index (χ2v) is 4.15. The lowest BCUT2D eigenvalue weighted by Gasteiger charge is -2.15. The predicted octanol–water partition coefficient (Wildman–Crippen LogP) is -0.140. The number of ketones is 2. The zero-order chi connectivity index (χ0) is 10.7. The van der Waals surface area contributed by atoms with Gasteiger partial charge in [-0.15, -0.1) is 0 Å². The maximum atomic E-state index is 11.6. The second kappa shape index (κ2) is 4.66. The molecule has 1 aliphatic heterocycles. The minimum absolute atomic E-state index is 0.0212. The first kappa shape index (κ1) is 11.3. The lowest BCUT2D eigenvalue weighted by atomic mass is 9.95. The molecule has 0 unspecified atom stereocenters. The normalized spacial score (nSPS) is 23.9. The molecule has 0 aliphatic carbocycles. The zero-order valence-electron chi connectivity index (χ0n) is 8.75. The van der Waals surface area contributed by atoms with Gasteiger partial charge >= 0.3 is 0 Å². The zero-order valence-corrected chi connectivity index (χ0v) is 8.75. The highest BCUT2D eigenvalue weighted by molar-refractivity contribution is 6.41. The van der Waals surface area contributed by atoms with E-state index in [9.17, 15) is 9.59 Å². The van der Waals surface area contributed by atoms with E-state index in [1.807, 2.05) is 13.8 Å². The Balaban J connectivity index is 2.55. The number of nitrogens with one attached hydrogen (secondary N) is 1. The number of hydrogen-bond acceptors (Lipinski definition) is 4. The largest absolute Gasteiger partial charge is 0.321 e. The van der Waals surface area contributed by atoms with Crippen LogP contribution in [0.15, 0.2) is 0 Å². The first-order chi connectivity index (χ1) is 6.54. The summed E-state index contributed by atoms with van der Waals surface area (Å²) < 4.78 is 0. The second-order valence-electron chi connectivity index (χ2n) is 4.15. The van der Waals surface area contributed by atoms with Gasteiger partial charge in [0.05, 0.1) is 12.1 Å². The standard InChI is InChI=1S/C10H18N2O2/c1-6(2)8(11)10(14)9(13)7-4-3-5-12-7/h6-8,12H,3-5,11H2,1-2H3/t7-,8-/m0/s1. The van der Waals surface area contributed by atoms with Crippen LogP contribution in [0.2, 0.25) is 0 Å². The van der Waals surface area contributed by atoms with Gasteiger partial charge in [0.2, 0.25) is 11.6 Å². The smallest absolute Gasteiger partial charge is 0.216 e. The Morgan fingerprint density at radius 3 is 2.50 bits per heavy atom. The SMILES string of the molecule is CC(C)[C@H](N)C(=O)C(=O)[C@@H]1CCCN1. The van der Waals surface area contributed by atoms with Crippen LogP contribution in [0.4, 0.5) is 0 Å². The fourth-order valence-electron chi connectivity index (χ4n) is 1.55. The van der Waals surface area contributed by atoms with E-state index in [2.05, 4.69) is 5.32 Å². The summed E-state index contributed by atoms with van der Waals surface area (Å²) in [6.45, 7) is 4.51. The van der Waals surface area contributed by atoms with Crippen molar-refractivity contribution < 1.29 is 9.59 Å². The van der Waals surface area contributed by atoms with Crippen LogP contribution in [-0.4, -0.2) is 30.2 Å². The van der Waals surface area contributed by atoms with E-state index in [0.717, 1.165) is 19.4 Å². The van der Waals surface area contributed by atoms with Gasteiger partial charge in [-0.3, -0.25) is 9.59 Å². The van der Waals surface area contributed by atoms with Gasteiger partial charge in [-0.1, -0.05) is 13.8 Å². The van der Waals surface area contributed by atoms with Crippen molar-refractivity contribution in [3.8, 4) is 0 Å². The van der Waals surface area contributed by atoms with E-state index in [-0.39, 0.29) is 17.7 Å². The monoisotopic (exact) mass is 198 g/mol. The third-order valence-electron chi connectivity index (χ3n) is 2.64. The fraction of sp³-hybridized carbons (Fsp3) is 0.800. The number of Topliss-reactive ketones (excluding diaryl/α,β-unsaturated/α-hetero) is 2. The van der Waals surface area contributed by atoms with Crippen molar-refractivity contribution >= 4 is 11.6 Å². The molecule has 0 amide bonds. The van der Waals surface area contributed by atoms with E-state index < -0.39 is 11.8 Å². The Kier molecular flexibility index (Phi) is 3.77. The summed E-state index contributed by atoms with van der Waals surface area (Å²) in [4.78, 5) is 23.2. The summed E-state index contributed by atoms with van der Waals surface area (Å²) in [5.74, 6) is -0.754. The quantitative estimate of drug-likeness (QED) is 0.617. The summed E-state index contributed by atoms with van der Waals surface area (Å²) in [7, 11) is 0. The lowest BCUT2D eigenvalue weighted by Crippen LogP contribution is -2.46. The Bertz CT molecular complexity index is 220. The lowest BCUT2D eigenvalue weighted by molar-refractivity contribution is -0.138. The molecule has 0 saturated carbocycles. The Morgan fingerprint density at radius 2 is 2.07 bits per heavy atom. The van der Waals surface area contributed by atoms with Crippen LogP contribution in [0, 0.1) is 5.92 Å². The molecule has 0 aromatic heterocycles. The molecule has 4 heteroatoms. The number of carbonyl (C=O) groups excluding carboxylic acids is 2. The molecule has 3 N–H and O–H groups in total. The molecular formula is C10H18N2O2. The molecule has 1 aliphatic rings. The van der Waals surface area contributed by atoms with Crippen molar-refractivity contribution in [1.82, 2.24) is 5.32 Å². The minimum atomic E-state index is -0.648. The molecule has 0 spiro atoms. The van der Waals surface area contributed by atoms with E-state index in [1.54, 1.807) is 0 Å². The van der Waals surface area contributed by atoms with E-state index in [0.29, 0.717) is 0 Å². The van der Waals surface area contributed by atoms with Crippen molar-refractivity contribution in [3.63, 3.8) is 0 Å². The first-order valence-electron chi connectivity index (χ1n) is 5.11. The third-order valence-corrected chi connectivity index (χ3v) is 2.64. The van der Waals surface area contributed by atoms with Crippen molar-refractivity contribution in [3.05, 3.63) is 0 Å². The van der Waals surface area contributed by atoms with Crippen LogP contribution < -0.4 is 11.1 Å². The maximum absolute atomic E-state index is 11.6. The highest BCUT2D eigenvalue weighted by Gasteiger charge is 2.31. The van der Waals surface area contributed by atoms with Crippen molar-refractivity contribution in [2.75, 3.05) is 6.54 Å². The summed E-state index contributed by atoms with van der Waals surface area (Å²) in [5, 5.41) is 3.01. The molecule has 1 rings (SSSR count). The third kappa shape index (κ3) is 2.39. The van der Waals surface area contributed by atoms with Crippen LogP contribution in [0.5, 0.6) is 0 Å². The summed E-state index contributed by atoms with van der Waals surface area (Å²) in [6, 6.07) is -0.933. The van der Waals surface area contributed by atoms with E-state index >= 15 is 0 Å². The number of nitrogens with two attached hydrogens (primary N) is 1. The summed E-state index contributed by atoms with van der Waals surface area (Å²) >= 11 is 0. The van der Waals surface area contributed by atoms with Gasteiger partial charge in [-0.2, -0.15) is 0 Å². The van der Waals surface area contributed by atoms with Crippen molar-refractivity contribution in [2.24, 2.45) is 11.7 Å². The number of rotatable bonds is 4. The van der Waals surface area contributed by atoms with E-state index in [1.165, 1.54) is 0 Å². The van der Waals surface area contributed by atoms with Crippen LogP contribution in [-0.2, 0) is 9.59 Å². The average molecular weight is 198 g/mol. The minimum Gasteiger partial charge on any atom is -0.321 e. The molecule has 1 heterocycles. The molecule has 0 bridgehead atoms. The van der Waals surface area contributed by atoms with Crippen LogP contribution in [0.1, 0.15) is 26.7 Å². The molecule has 1 saturated heterocycles. The topological polar surface area (TPSA) is 72.2 Å². The predicted molar refractivity (Wildman–Crippen MR) is 53.9 cm³/mol. The van der Waals surface area contributed by atoms with Gasteiger partial charge in [0.25, 0.3) is 0 Å². The molecule has 1 fully saturated rings. The molecular weight excluding hydrogens is 180 g/mol. The van der Waals surface area contributed by atoms with Gasteiger partial charge in [-0.05, 0) is 25.3 Å². The molecule has 4 nitrogen and oxygen atoms in total. The van der Waals surface area contributed by atoms with Gasteiger partial charge in [0.1, 0.15) is 0 Å². The van der Waals surface area contributed by atoms with Gasteiger partial charge < -0.3 is 11.1 Å². The highest BCUT2D eigenvalue weighted by atomic mass is 16.2. The highest BCUT2D eigenvalue weighted by Crippen LogP contribution is 2.09. The van der Waals surface area contributed by atoms with Gasteiger partial charge in [0.15, 0.2) is 0 Å². The van der Waals surface area contributed by atoms with Crippen LogP contribution in [0.25, 0.3) is 0 Å². The van der Waals surface area contributed by atoms with Crippen LogP contribution in [0.3, 0.4) is 0 Å². The number of carbonyl (C=O) groups is 2. The average Bonchev–Trinajstić information content (AvgIpc) is 2.67. The van der Waals surface area contributed by atoms with Gasteiger partial charge in [-0.25, -0.2) is 0 Å². The van der Waals surface area contributed by atoms with Crippen molar-refractivity contribution in [2.45, 2.75) is 38.8 Å². The van der Waals surface area contributed by atoms with Crippen molar-refractivity contribution in [1.29, 1.82) is 0 Å². The summed E-state index contributed by atoms with van der Waals surface area (Å²) in [6.07, 6.45) is 1.72. The molecule has 14 heavy (non-hydrogen) atoms. The molecule has 0 aromatic rings. The first-order valence-corrected chi connectivity index (χ1v) is 5.11. The Labute approximate surface area is 84.2 Å². The molecule has 2 atom stereocenters. The number of hydrogen-bond donors (Lipinski definition) is 2. The maximum Gasteiger partial charge on any atom is 0.216 e. The molecule has 80 valence electrons.